The molecule has 0 aliphatic heterocycles. The second-order valence-electron chi connectivity index (χ2n) is 6.07. The van der Waals surface area contributed by atoms with Crippen molar-refractivity contribution in [1.29, 1.82) is 0 Å². The Labute approximate surface area is 156 Å². The molecular formula is C21H18N2O4. The van der Waals surface area contributed by atoms with Crippen LogP contribution in [-0.4, -0.2) is 28.7 Å². The van der Waals surface area contributed by atoms with Crippen molar-refractivity contribution in [2.75, 3.05) is 0 Å². The van der Waals surface area contributed by atoms with Gasteiger partial charge in [0.05, 0.1) is 12.2 Å². The molecule has 0 fully saturated rings. The van der Waals surface area contributed by atoms with Crippen molar-refractivity contribution in [2.45, 2.75) is 19.4 Å². The quantitative estimate of drug-likeness (QED) is 0.653. The first-order valence-corrected chi connectivity index (χ1v) is 8.46. The predicted molar refractivity (Wildman–Crippen MR) is 99.0 cm³/mol. The summed E-state index contributed by atoms with van der Waals surface area (Å²) < 4.78 is 5.22. The summed E-state index contributed by atoms with van der Waals surface area (Å²) in [5, 5.41) is 6.35. The Morgan fingerprint density at radius 3 is 2.26 bits per heavy atom. The highest BCUT2D eigenvalue weighted by Gasteiger charge is 2.27. The Morgan fingerprint density at radius 2 is 1.63 bits per heavy atom. The fraction of sp³-hybridized carbons (Fsp3) is 0.143. The van der Waals surface area contributed by atoms with E-state index in [-0.39, 0.29) is 12.0 Å². The average Bonchev–Trinajstić information content (AvgIpc) is 3.18. The van der Waals surface area contributed by atoms with Gasteiger partial charge in [0.2, 0.25) is 5.78 Å². The van der Waals surface area contributed by atoms with Crippen molar-refractivity contribution in [3.63, 3.8) is 0 Å². The molecule has 136 valence electrons. The van der Waals surface area contributed by atoms with E-state index in [1.165, 1.54) is 13.1 Å². The molecule has 1 N–H and O–H groups in total. The van der Waals surface area contributed by atoms with Crippen LogP contribution in [0.4, 0.5) is 0 Å². The number of benzene rings is 2. The zero-order valence-electron chi connectivity index (χ0n) is 14.7. The standard InChI is InChI=1S/C21H18N2O4/c1-14(24)19(25)18(12-15-8-4-2-5-9-15)23-21(26)17-13-22-27-20(17)16-10-6-3-7-11-16/h2-11,13,18H,12H2,1H3,(H,23,26)/t18-/m0/s1. The average molecular weight is 362 g/mol. The number of Topliss-reactive ketones (excluding diaryl/α,β-unsaturated/α-hetero) is 2. The molecule has 3 aromatic rings. The molecule has 0 aliphatic carbocycles. The van der Waals surface area contributed by atoms with Crippen molar-refractivity contribution in [2.24, 2.45) is 0 Å². The summed E-state index contributed by atoms with van der Waals surface area (Å²) in [7, 11) is 0. The van der Waals surface area contributed by atoms with Gasteiger partial charge in [-0.15, -0.1) is 0 Å². The molecule has 0 radical (unpaired) electrons. The van der Waals surface area contributed by atoms with Gasteiger partial charge in [-0.25, -0.2) is 0 Å². The molecule has 1 aromatic heterocycles. The Bertz CT molecular complexity index is 949. The molecule has 6 nitrogen and oxygen atoms in total. The van der Waals surface area contributed by atoms with Gasteiger partial charge in [0.1, 0.15) is 5.56 Å². The minimum absolute atomic E-state index is 0.204. The van der Waals surface area contributed by atoms with Crippen molar-refractivity contribution in [1.82, 2.24) is 10.5 Å². The third-order valence-corrected chi connectivity index (χ3v) is 4.10. The summed E-state index contributed by atoms with van der Waals surface area (Å²) in [6.07, 6.45) is 1.52. The van der Waals surface area contributed by atoms with E-state index in [2.05, 4.69) is 10.5 Å². The number of hydrogen-bond acceptors (Lipinski definition) is 5. The third-order valence-electron chi connectivity index (χ3n) is 4.10. The van der Waals surface area contributed by atoms with Crippen LogP contribution < -0.4 is 5.32 Å². The van der Waals surface area contributed by atoms with E-state index in [1.807, 2.05) is 48.5 Å². The summed E-state index contributed by atoms with van der Waals surface area (Å²) >= 11 is 0. The van der Waals surface area contributed by atoms with Gasteiger partial charge in [0.15, 0.2) is 11.5 Å². The van der Waals surface area contributed by atoms with Gasteiger partial charge >= 0.3 is 0 Å². The number of rotatable bonds is 7. The second-order valence-corrected chi connectivity index (χ2v) is 6.07. The minimum Gasteiger partial charge on any atom is -0.355 e. The van der Waals surface area contributed by atoms with Crippen LogP contribution >= 0.6 is 0 Å². The lowest BCUT2D eigenvalue weighted by molar-refractivity contribution is -0.136. The number of amides is 1. The first-order chi connectivity index (χ1) is 13.1. The van der Waals surface area contributed by atoms with Gasteiger partial charge in [-0.3, -0.25) is 14.4 Å². The van der Waals surface area contributed by atoms with Gasteiger partial charge in [-0.1, -0.05) is 65.8 Å². The summed E-state index contributed by atoms with van der Waals surface area (Å²) in [4.78, 5) is 36.7. The van der Waals surface area contributed by atoms with E-state index < -0.39 is 23.5 Å². The predicted octanol–water partition coefficient (Wildman–Crippen LogP) is 2.84. The van der Waals surface area contributed by atoms with Crippen molar-refractivity contribution >= 4 is 17.5 Å². The normalized spacial score (nSPS) is 11.6. The van der Waals surface area contributed by atoms with Crippen LogP contribution in [0, 0.1) is 0 Å². The number of carbonyl (C=O) groups excluding carboxylic acids is 3. The summed E-state index contributed by atoms with van der Waals surface area (Å²) in [5.41, 5.74) is 1.74. The van der Waals surface area contributed by atoms with Gasteiger partial charge in [-0.2, -0.15) is 0 Å². The Kier molecular flexibility index (Phi) is 5.56. The molecule has 6 heteroatoms. The van der Waals surface area contributed by atoms with E-state index >= 15 is 0 Å². The lowest BCUT2D eigenvalue weighted by Gasteiger charge is -2.16. The maximum atomic E-state index is 12.8. The van der Waals surface area contributed by atoms with Crippen LogP contribution in [0.25, 0.3) is 11.3 Å². The molecule has 27 heavy (non-hydrogen) atoms. The highest BCUT2D eigenvalue weighted by Crippen LogP contribution is 2.23. The SMILES string of the molecule is CC(=O)C(=O)[C@H](Cc1ccccc1)NC(=O)c1cnoc1-c1ccccc1. The molecule has 0 spiro atoms. The largest absolute Gasteiger partial charge is 0.355 e. The summed E-state index contributed by atoms with van der Waals surface area (Å²) in [6.45, 7) is 1.20. The Balaban J connectivity index is 1.84. The van der Waals surface area contributed by atoms with Gasteiger partial charge in [0, 0.05) is 18.9 Å². The molecule has 1 amide bonds. The monoisotopic (exact) mass is 362 g/mol. The first-order valence-electron chi connectivity index (χ1n) is 8.46. The minimum atomic E-state index is -0.962. The second kappa shape index (κ2) is 8.23. The van der Waals surface area contributed by atoms with Crippen LogP contribution in [0.3, 0.4) is 0 Å². The van der Waals surface area contributed by atoms with Crippen molar-refractivity contribution in [3.8, 4) is 11.3 Å². The van der Waals surface area contributed by atoms with E-state index in [9.17, 15) is 14.4 Å². The van der Waals surface area contributed by atoms with Crippen molar-refractivity contribution < 1.29 is 18.9 Å². The smallest absolute Gasteiger partial charge is 0.257 e. The maximum absolute atomic E-state index is 12.8. The molecule has 0 aliphatic rings. The van der Waals surface area contributed by atoms with Crippen LogP contribution in [0.1, 0.15) is 22.8 Å². The molecule has 2 aromatic carbocycles. The van der Waals surface area contributed by atoms with Gasteiger partial charge in [0.25, 0.3) is 5.91 Å². The molecule has 1 heterocycles. The Hall–Kier alpha value is -3.54. The highest BCUT2D eigenvalue weighted by molar-refractivity contribution is 6.38. The summed E-state index contributed by atoms with van der Waals surface area (Å²) in [6, 6.07) is 17.3. The number of nitrogens with zero attached hydrogens (tertiary/aromatic N) is 1. The van der Waals surface area contributed by atoms with Gasteiger partial charge < -0.3 is 9.84 Å². The zero-order valence-corrected chi connectivity index (χ0v) is 14.7. The van der Waals surface area contributed by atoms with E-state index in [0.717, 1.165) is 5.56 Å². The van der Waals surface area contributed by atoms with E-state index in [1.54, 1.807) is 12.1 Å². The molecule has 1 atom stereocenters. The molecular weight excluding hydrogens is 344 g/mol. The highest BCUT2D eigenvalue weighted by atomic mass is 16.5. The Morgan fingerprint density at radius 1 is 1.00 bits per heavy atom. The number of nitrogens with one attached hydrogen (secondary N) is 1. The molecule has 0 bridgehead atoms. The lowest BCUT2D eigenvalue weighted by Crippen LogP contribution is -2.44. The van der Waals surface area contributed by atoms with Crippen LogP contribution in [0.2, 0.25) is 0 Å². The van der Waals surface area contributed by atoms with Crippen LogP contribution in [0.15, 0.2) is 71.4 Å². The number of hydrogen-bond donors (Lipinski definition) is 1. The van der Waals surface area contributed by atoms with E-state index in [0.29, 0.717) is 11.3 Å². The number of ketones is 2. The fourth-order valence-corrected chi connectivity index (χ4v) is 2.74. The molecule has 0 saturated carbocycles. The van der Waals surface area contributed by atoms with Gasteiger partial charge in [-0.05, 0) is 5.56 Å². The van der Waals surface area contributed by atoms with Crippen molar-refractivity contribution in [3.05, 3.63) is 78.0 Å². The lowest BCUT2D eigenvalue weighted by atomic mass is 9.99. The maximum Gasteiger partial charge on any atom is 0.257 e. The van der Waals surface area contributed by atoms with Crippen LogP contribution in [0.5, 0.6) is 0 Å². The topological polar surface area (TPSA) is 89.3 Å². The van der Waals surface area contributed by atoms with E-state index in [4.69, 9.17) is 4.52 Å². The third kappa shape index (κ3) is 4.36. The summed E-state index contributed by atoms with van der Waals surface area (Å²) in [5.74, 6) is -1.47. The number of carbonyl (C=O) groups is 3. The first kappa shape index (κ1) is 18.3. The zero-order chi connectivity index (χ0) is 19.2. The molecule has 3 rings (SSSR count). The van der Waals surface area contributed by atoms with Crippen LogP contribution in [-0.2, 0) is 16.0 Å². The number of aromatic nitrogens is 1. The molecule has 0 saturated heterocycles. The molecule has 0 unspecified atom stereocenters. The fourth-order valence-electron chi connectivity index (χ4n) is 2.74.